The normalized spacial score (nSPS) is 31.4. The zero-order valence-electron chi connectivity index (χ0n) is 14.7. The van der Waals surface area contributed by atoms with Crippen LogP contribution in [0.3, 0.4) is 0 Å². The zero-order valence-corrected chi connectivity index (χ0v) is 14.7. The molecule has 0 bridgehead atoms. The molecule has 0 amide bonds. The zero-order chi connectivity index (χ0) is 15.8. The number of hydrogen-bond donors (Lipinski definition) is 0. The summed E-state index contributed by atoms with van der Waals surface area (Å²) < 4.78 is 6.00. The highest BCUT2D eigenvalue weighted by atomic mass is 16.5. The smallest absolute Gasteiger partial charge is 0.0704 e. The van der Waals surface area contributed by atoms with Gasteiger partial charge >= 0.3 is 0 Å². The van der Waals surface area contributed by atoms with E-state index in [0.717, 1.165) is 6.54 Å². The number of hydrogen-bond acceptors (Lipinski definition) is 2. The minimum atomic E-state index is 0.223. The molecule has 1 aromatic rings. The summed E-state index contributed by atoms with van der Waals surface area (Å²) in [4.78, 5) is 2.57. The van der Waals surface area contributed by atoms with Crippen molar-refractivity contribution in [2.75, 3.05) is 0 Å². The predicted molar refractivity (Wildman–Crippen MR) is 89.6 cm³/mol. The first-order chi connectivity index (χ1) is 9.70. The number of benzene rings is 1. The summed E-state index contributed by atoms with van der Waals surface area (Å²) in [6.45, 7) is 16.7. The van der Waals surface area contributed by atoms with E-state index < -0.39 is 0 Å². The fourth-order valence-corrected chi connectivity index (χ4v) is 3.09. The minimum absolute atomic E-state index is 0.223. The van der Waals surface area contributed by atoms with Gasteiger partial charge in [0.25, 0.3) is 0 Å². The maximum Gasteiger partial charge on any atom is 0.0704 e. The number of nitrogens with zero attached hydrogens (tertiary/aromatic N) is 1. The molecule has 1 aliphatic heterocycles. The van der Waals surface area contributed by atoms with Crippen molar-refractivity contribution < 1.29 is 4.74 Å². The van der Waals surface area contributed by atoms with Crippen LogP contribution >= 0.6 is 0 Å². The third-order valence-electron chi connectivity index (χ3n) is 5.02. The third-order valence-corrected chi connectivity index (χ3v) is 5.02. The van der Waals surface area contributed by atoms with E-state index in [1.54, 1.807) is 0 Å². The van der Waals surface area contributed by atoms with Crippen molar-refractivity contribution in [2.45, 2.75) is 84.7 Å². The highest BCUT2D eigenvalue weighted by molar-refractivity contribution is 5.27. The van der Waals surface area contributed by atoms with Crippen LogP contribution in [0.4, 0.5) is 0 Å². The Balaban J connectivity index is 2.13. The fraction of sp³-hybridized carbons (Fsp3) is 0.684. The SMILES string of the molecule is CC1OC(C)C(C)N(Cc2ccc(C(C)(C)C)cc2)C1C. The Morgan fingerprint density at radius 2 is 1.38 bits per heavy atom. The monoisotopic (exact) mass is 289 g/mol. The van der Waals surface area contributed by atoms with E-state index in [4.69, 9.17) is 4.74 Å². The average molecular weight is 289 g/mol. The van der Waals surface area contributed by atoms with Gasteiger partial charge in [-0.2, -0.15) is 0 Å². The van der Waals surface area contributed by atoms with Gasteiger partial charge in [-0.25, -0.2) is 0 Å². The Hall–Kier alpha value is -0.860. The topological polar surface area (TPSA) is 12.5 Å². The largest absolute Gasteiger partial charge is 0.372 e. The van der Waals surface area contributed by atoms with Crippen molar-refractivity contribution in [2.24, 2.45) is 0 Å². The Morgan fingerprint density at radius 3 is 1.81 bits per heavy atom. The molecule has 0 aromatic heterocycles. The van der Waals surface area contributed by atoms with Gasteiger partial charge < -0.3 is 4.74 Å². The lowest BCUT2D eigenvalue weighted by Crippen LogP contribution is -2.56. The molecule has 2 nitrogen and oxygen atoms in total. The van der Waals surface area contributed by atoms with Gasteiger partial charge in [-0.1, -0.05) is 45.0 Å². The highest BCUT2D eigenvalue weighted by Crippen LogP contribution is 2.27. The lowest BCUT2D eigenvalue weighted by atomic mass is 9.86. The molecule has 0 spiro atoms. The number of rotatable bonds is 2. The summed E-state index contributed by atoms with van der Waals surface area (Å²) in [6.07, 6.45) is 0.593. The van der Waals surface area contributed by atoms with Crippen molar-refractivity contribution in [3.63, 3.8) is 0 Å². The van der Waals surface area contributed by atoms with E-state index in [2.05, 4.69) is 77.6 Å². The predicted octanol–water partition coefficient (Wildman–Crippen LogP) is 4.37. The van der Waals surface area contributed by atoms with Crippen LogP contribution in [0, 0.1) is 0 Å². The molecule has 118 valence electrons. The quantitative estimate of drug-likeness (QED) is 0.801. The van der Waals surface area contributed by atoms with Crippen LogP contribution in [-0.2, 0) is 16.7 Å². The molecule has 1 fully saturated rings. The van der Waals surface area contributed by atoms with Gasteiger partial charge in [0.1, 0.15) is 0 Å². The standard InChI is InChI=1S/C19H31NO/c1-13-15(3)21-16(4)14(2)20(13)12-17-8-10-18(11-9-17)19(5,6)7/h8-11,13-16H,12H2,1-7H3. The van der Waals surface area contributed by atoms with E-state index in [-0.39, 0.29) is 5.41 Å². The molecule has 0 radical (unpaired) electrons. The van der Waals surface area contributed by atoms with E-state index >= 15 is 0 Å². The summed E-state index contributed by atoms with van der Waals surface area (Å²) in [5.74, 6) is 0. The van der Waals surface area contributed by atoms with Gasteiger partial charge in [-0.05, 0) is 44.2 Å². The summed E-state index contributed by atoms with van der Waals surface area (Å²) in [7, 11) is 0. The van der Waals surface area contributed by atoms with E-state index in [0.29, 0.717) is 24.3 Å². The van der Waals surface area contributed by atoms with E-state index in [1.807, 2.05) is 0 Å². The Bertz CT molecular complexity index is 445. The second-order valence-corrected chi connectivity index (χ2v) is 7.65. The summed E-state index contributed by atoms with van der Waals surface area (Å²) in [5, 5.41) is 0. The van der Waals surface area contributed by atoms with Crippen molar-refractivity contribution in [3.8, 4) is 0 Å². The molecule has 0 N–H and O–H groups in total. The Kier molecular flexibility index (Phi) is 4.79. The molecule has 2 heteroatoms. The molecule has 1 aromatic carbocycles. The molecule has 1 saturated heterocycles. The minimum Gasteiger partial charge on any atom is -0.372 e. The molecule has 4 atom stereocenters. The second kappa shape index (κ2) is 6.10. The number of ether oxygens (including phenoxy) is 1. The highest BCUT2D eigenvalue weighted by Gasteiger charge is 2.35. The molecule has 2 rings (SSSR count). The van der Waals surface area contributed by atoms with Crippen molar-refractivity contribution in [1.29, 1.82) is 0 Å². The van der Waals surface area contributed by atoms with Crippen LogP contribution in [0.2, 0.25) is 0 Å². The molecule has 0 aliphatic carbocycles. The summed E-state index contributed by atoms with van der Waals surface area (Å²) in [5.41, 5.74) is 3.01. The van der Waals surface area contributed by atoms with E-state index in [9.17, 15) is 0 Å². The van der Waals surface area contributed by atoms with E-state index in [1.165, 1.54) is 11.1 Å². The molecule has 1 aliphatic rings. The fourth-order valence-electron chi connectivity index (χ4n) is 3.09. The maximum atomic E-state index is 6.00. The van der Waals surface area contributed by atoms with Gasteiger partial charge in [-0.3, -0.25) is 4.90 Å². The molecule has 21 heavy (non-hydrogen) atoms. The first-order valence-electron chi connectivity index (χ1n) is 8.21. The van der Waals surface area contributed by atoms with Crippen LogP contribution in [-0.4, -0.2) is 29.2 Å². The molecule has 4 unspecified atom stereocenters. The lowest BCUT2D eigenvalue weighted by Gasteiger charge is -2.46. The summed E-state index contributed by atoms with van der Waals surface area (Å²) in [6, 6.07) is 10.0. The number of morpholine rings is 1. The van der Waals surface area contributed by atoms with Crippen LogP contribution in [0.5, 0.6) is 0 Å². The first-order valence-corrected chi connectivity index (χ1v) is 8.21. The van der Waals surface area contributed by atoms with Crippen molar-refractivity contribution in [3.05, 3.63) is 35.4 Å². The van der Waals surface area contributed by atoms with Gasteiger partial charge in [0.2, 0.25) is 0 Å². The average Bonchev–Trinajstić information content (AvgIpc) is 2.41. The molecule has 0 saturated carbocycles. The van der Waals surface area contributed by atoms with Crippen LogP contribution in [0.15, 0.2) is 24.3 Å². The Labute approximate surface area is 130 Å². The molecular weight excluding hydrogens is 258 g/mol. The van der Waals surface area contributed by atoms with Gasteiger partial charge in [0, 0.05) is 18.6 Å². The summed E-state index contributed by atoms with van der Waals surface area (Å²) >= 11 is 0. The third kappa shape index (κ3) is 3.67. The first kappa shape index (κ1) is 16.5. The van der Waals surface area contributed by atoms with Crippen LogP contribution in [0.25, 0.3) is 0 Å². The molecular formula is C19H31NO. The van der Waals surface area contributed by atoms with Crippen LogP contribution < -0.4 is 0 Å². The maximum absolute atomic E-state index is 6.00. The van der Waals surface area contributed by atoms with Gasteiger partial charge in [0.15, 0.2) is 0 Å². The Morgan fingerprint density at radius 1 is 0.905 bits per heavy atom. The van der Waals surface area contributed by atoms with Crippen molar-refractivity contribution in [1.82, 2.24) is 4.90 Å². The second-order valence-electron chi connectivity index (χ2n) is 7.65. The van der Waals surface area contributed by atoms with Gasteiger partial charge in [-0.15, -0.1) is 0 Å². The van der Waals surface area contributed by atoms with Crippen LogP contribution in [0.1, 0.15) is 59.6 Å². The van der Waals surface area contributed by atoms with Crippen molar-refractivity contribution >= 4 is 0 Å². The molecule has 1 heterocycles. The van der Waals surface area contributed by atoms with Gasteiger partial charge in [0.05, 0.1) is 12.2 Å². The lowest BCUT2D eigenvalue weighted by molar-refractivity contribution is -0.132.